The lowest BCUT2D eigenvalue weighted by molar-refractivity contribution is 0.742. The molecule has 0 amide bonds. The molecule has 1 heteroatoms. The van der Waals surface area contributed by atoms with Gasteiger partial charge < -0.3 is 4.57 Å². The van der Waals surface area contributed by atoms with Gasteiger partial charge in [0.05, 0.1) is 0 Å². The lowest BCUT2D eigenvalue weighted by atomic mass is 9.95. The average Bonchev–Trinajstić information content (AvgIpc) is 2.54. The third-order valence-corrected chi connectivity index (χ3v) is 2.49. The molecular formula is C11H15N. The Hall–Kier alpha value is -0.980. The average molecular weight is 161 g/mol. The minimum absolute atomic E-state index is 1.27. The molecule has 0 bridgehead atoms. The predicted octanol–water partition coefficient (Wildman–Crippen LogP) is 2.98. The molecule has 1 aliphatic rings. The SMILES string of the molecule is Cn1ccc(C2=CCCCC2)c1. The Labute approximate surface area is 73.7 Å². The Kier molecular flexibility index (Phi) is 2.03. The lowest BCUT2D eigenvalue weighted by Crippen LogP contribution is -1.90. The highest BCUT2D eigenvalue weighted by Crippen LogP contribution is 2.26. The summed E-state index contributed by atoms with van der Waals surface area (Å²) in [7, 11) is 2.08. The van der Waals surface area contributed by atoms with E-state index >= 15 is 0 Å². The zero-order valence-electron chi connectivity index (χ0n) is 7.59. The first-order valence-corrected chi connectivity index (χ1v) is 4.67. The molecule has 0 atom stereocenters. The van der Waals surface area contributed by atoms with E-state index in [2.05, 4.69) is 36.2 Å². The Morgan fingerprint density at radius 2 is 2.25 bits per heavy atom. The molecule has 1 aromatic heterocycles. The van der Waals surface area contributed by atoms with Gasteiger partial charge in [-0.05, 0) is 42.9 Å². The predicted molar refractivity (Wildman–Crippen MR) is 51.9 cm³/mol. The van der Waals surface area contributed by atoms with E-state index in [1.54, 1.807) is 5.57 Å². The van der Waals surface area contributed by atoms with Crippen molar-refractivity contribution in [2.45, 2.75) is 25.7 Å². The molecule has 1 nitrogen and oxygen atoms in total. The van der Waals surface area contributed by atoms with Crippen molar-refractivity contribution >= 4 is 5.57 Å². The molecule has 64 valence electrons. The van der Waals surface area contributed by atoms with Crippen LogP contribution in [0.5, 0.6) is 0 Å². The number of hydrogen-bond acceptors (Lipinski definition) is 0. The maximum atomic E-state index is 2.39. The molecule has 2 rings (SSSR count). The van der Waals surface area contributed by atoms with Crippen LogP contribution < -0.4 is 0 Å². The normalized spacial score (nSPS) is 17.6. The van der Waals surface area contributed by atoms with Gasteiger partial charge in [-0.25, -0.2) is 0 Å². The van der Waals surface area contributed by atoms with Crippen LogP contribution in [0.15, 0.2) is 24.5 Å². The fourth-order valence-electron chi connectivity index (χ4n) is 1.79. The van der Waals surface area contributed by atoms with Crippen LogP contribution in [0.2, 0.25) is 0 Å². The zero-order valence-corrected chi connectivity index (χ0v) is 7.59. The van der Waals surface area contributed by atoms with E-state index in [1.807, 2.05) is 0 Å². The number of allylic oxidation sites excluding steroid dienone is 2. The van der Waals surface area contributed by atoms with E-state index in [4.69, 9.17) is 0 Å². The summed E-state index contributed by atoms with van der Waals surface area (Å²) in [5.41, 5.74) is 2.96. The van der Waals surface area contributed by atoms with E-state index in [-0.39, 0.29) is 0 Å². The summed E-state index contributed by atoms with van der Waals surface area (Å²) < 4.78 is 2.12. The van der Waals surface area contributed by atoms with Crippen molar-refractivity contribution in [1.29, 1.82) is 0 Å². The third-order valence-electron chi connectivity index (χ3n) is 2.49. The van der Waals surface area contributed by atoms with Crippen LogP contribution in [0, 0.1) is 0 Å². The molecule has 0 aliphatic heterocycles. The summed E-state index contributed by atoms with van der Waals surface area (Å²) in [6, 6.07) is 2.21. The molecule has 0 spiro atoms. The summed E-state index contributed by atoms with van der Waals surface area (Å²) in [6.07, 6.45) is 12.0. The second-order valence-corrected chi connectivity index (χ2v) is 3.54. The van der Waals surface area contributed by atoms with Crippen LogP contribution >= 0.6 is 0 Å². The molecule has 0 aromatic carbocycles. The largest absolute Gasteiger partial charge is 0.357 e. The third kappa shape index (κ3) is 1.45. The van der Waals surface area contributed by atoms with Gasteiger partial charge in [0, 0.05) is 19.4 Å². The molecule has 1 aliphatic carbocycles. The van der Waals surface area contributed by atoms with Crippen molar-refractivity contribution in [3.63, 3.8) is 0 Å². The van der Waals surface area contributed by atoms with Crippen molar-refractivity contribution in [2.75, 3.05) is 0 Å². The first-order valence-electron chi connectivity index (χ1n) is 4.67. The molecule has 0 saturated heterocycles. The highest BCUT2D eigenvalue weighted by atomic mass is 14.9. The van der Waals surface area contributed by atoms with Crippen LogP contribution in [-0.2, 0) is 7.05 Å². The summed E-state index contributed by atoms with van der Waals surface area (Å²) in [5.74, 6) is 0. The van der Waals surface area contributed by atoms with Crippen LogP contribution in [0.3, 0.4) is 0 Å². The van der Waals surface area contributed by atoms with Crippen LogP contribution in [-0.4, -0.2) is 4.57 Å². The number of rotatable bonds is 1. The Balaban J connectivity index is 2.23. The maximum absolute atomic E-state index is 2.39. The van der Waals surface area contributed by atoms with Crippen molar-refractivity contribution < 1.29 is 0 Å². The molecule has 0 N–H and O–H groups in total. The number of nitrogens with zero attached hydrogens (tertiary/aromatic N) is 1. The molecule has 12 heavy (non-hydrogen) atoms. The second-order valence-electron chi connectivity index (χ2n) is 3.54. The number of hydrogen-bond donors (Lipinski definition) is 0. The maximum Gasteiger partial charge on any atom is 0.0107 e. The Bertz CT molecular complexity index is 294. The first kappa shape index (κ1) is 7.66. The van der Waals surface area contributed by atoms with Gasteiger partial charge >= 0.3 is 0 Å². The highest BCUT2D eigenvalue weighted by Gasteiger charge is 2.05. The Morgan fingerprint density at radius 3 is 2.83 bits per heavy atom. The molecule has 0 unspecified atom stereocenters. The van der Waals surface area contributed by atoms with Gasteiger partial charge in [0.15, 0.2) is 0 Å². The quantitative estimate of drug-likeness (QED) is 0.596. The number of aromatic nitrogens is 1. The van der Waals surface area contributed by atoms with Crippen molar-refractivity contribution in [3.05, 3.63) is 30.1 Å². The smallest absolute Gasteiger partial charge is 0.0107 e. The lowest BCUT2D eigenvalue weighted by Gasteiger charge is -2.10. The van der Waals surface area contributed by atoms with E-state index in [9.17, 15) is 0 Å². The first-order chi connectivity index (χ1) is 5.86. The van der Waals surface area contributed by atoms with E-state index in [0.29, 0.717) is 0 Å². The van der Waals surface area contributed by atoms with E-state index in [0.717, 1.165) is 0 Å². The topological polar surface area (TPSA) is 4.93 Å². The molecule has 0 fully saturated rings. The fourth-order valence-corrected chi connectivity index (χ4v) is 1.79. The fraction of sp³-hybridized carbons (Fsp3) is 0.455. The van der Waals surface area contributed by atoms with Crippen molar-refractivity contribution in [1.82, 2.24) is 4.57 Å². The zero-order chi connectivity index (χ0) is 8.39. The summed E-state index contributed by atoms with van der Waals surface area (Å²) in [4.78, 5) is 0. The van der Waals surface area contributed by atoms with Gasteiger partial charge in [-0.15, -0.1) is 0 Å². The molecule has 1 aromatic rings. The molecule has 0 radical (unpaired) electrons. The number of aryl methyl sites for hydroxylation is 1. The summed E-state index contributed by atoms with van der Waals surface area (Å²) in [6.45, 7) is 0. The van der Waals surface area contributed by atoms with Gasteiger partial charge in [0.1, 0.15) is 0 Å². The minimum atomic E-state index is 1.27. The molecular weight excluding hydrogens is 146 g/mol. The van der Waals surface area contributed by atoms with Crippen LogP contribution in [0.1, 0.15) is 31.2 Å². The Morgan fingerprint density at radius 1 is 1.33 bits per heavy atom. The minimum Gasteiger partial charge on any atom is -0.357 e. The van der Waals surface area contributed by atoms with Crippen LogP contribution in [0.25, 0.3) is 5.57 Å². The highest BCUT2D eigenvalue weighted by molar-refractivity contribution is 5.65. The summed E-state index contributed by atoms with van der Waals surface area (Å²) >= 11 is 0. The monoisotopic (exact) mass is 161 g/mol. The molecule has 0 saturated carbocycles. The van der Waals surface area contributed by atoms with Gasteiger partial charge in [-0.3, -0.25) is 0 Å². The second kappa shape index (κ2) is 3.18. The van der Waals surface area contributed by atoms with Gasteiger partial charge in [-0.2, -0.15) is 0 Å². The van der Waals surface area contributed by atoms with Crippen LogP contribution in [0.4, 0.5) is 0 Å². The van der Waals surface area contributed by atoms with Crippen molar-refractivity contribution in [2.24, 2.45) is 7.05 Å². The summed E-state index contributed by atoms with van der Waals surface area (Å²) in [5, 5.41) is 0. The molecule has 1 heterocycles. The van der Waals surface area contributed by atoms with E-state index in [1.165, 1.54) is 31.2 Å². The van der Waals surface area contributed by atoms with Crippen molar-refractivity contribution in [3.8, 4) is 0 Å². The standard InChI is InChI=1S/C11H15N/c1-12-8-7-11(9-12)10-5-3-2-4-6-10/h5,7-9H,2-4,6H2,1H3. The van der Waals surface area contributed by atoms with Gasteiger partial charge in [-0.1, -0.05) is 6.08 Å². The van der Waals surface area contributed by atoms with Gasteiger partial charge in [0.2, 0.25) is 0 Å². The van der Waals surface area contributed by atoms with Gasteiger partial charge in [0.25, 0.3) is 0 Å². The van der Waals surface area contributed by atoms with E-state index < -0.39 is 0 Å².